The minimum Gasteiger partial charge on any atom is -0.340 e. The smallest absolute Gasteiger partial charge is 0.224 e. The second-order valence-corrected chi connectivity index (χ2v) is 7.83. The van der Waals surface area contributed by atoms with Gasteiger partial charge in [0.1, 0.15) is 5.82 Å². The second kappa shape index (κ2) is 8.04. The van der Waals surface area contributed by atoms with Crippen LogP contribution in [0, 0.1) is 0 Å². The first kappa shape index (κ1) is 19.1. The quantitative estimate of drug-likeness (QED) is 0.422. The summed E-state index contributed by atoms with van der Waals surface area (Å²) in [5.41, 5.74) is 4.84. The number of carbonyl (C=O) groups is 1. The van der Waals surface area contributed by atoms with Crippen LogP contribution in [0.25, 0.3) is 11.1 Å². The Labute approximate surface area is 181 Å². The van der Waals surface area contributed by atoms with Crippen molar-refractivity contribution in [3.8, 4) is 11.1 Å². The molecule has 1 aliphatic heterocycles. The van der Waals surface area contributed by atoms with Crippen LogP contribution in [0.15, 0.2) is 36.7 Å². The van der Waals surface area contributed by atoms with Crippen LogP contribution in [0.3, 0.4) is 0 Å². The summed E-state index contributed by atoms with van der Waals surface area (Å²) in [6.45, 7) is 3.03. The number of hydrogen-bond acceptors (Lipinski definition) is 5. The van der Waals surface area contributed by atoms with Gasteiger partial charge in [-0.1, -0.05) is 19.1 Å². The van der Waals surface area contributed by atoms with E-state index in [1.807, 2.05) is 48.5 Å². The van der Waals surface area contributed by atoms with Gasteiger partial charge in [0.05, 0.1) is 41.3 Å². The first-order valence-corrected chi connectivity index (χ1v) is 10.3. The van der Waals surface area contributed by atoms with Crippen molar-refractivity contribution in [2.45, 2.75) is 26.3 Å². The Hall–Kier alpha value is -2.20. The van der Waals surface area contributed by atoms with Gasteiger partial charge in [-0.3, -0.25) is 4.79 Å². The maximum absolute atomic E-state index is 12.1. The number of rotatable bonds is 4. The highest BCUT2D eigenvalue weighted by Crippen LogP contribution is 2.29. The van der Waals surface area contributed by atoms with Gasteiger partial charge in [0, 0.05) is 42.4 Å². The molecule has 0 saturated carbocycles. The monoisotopic (exact) mass is 508 g/mol. The van der Waals surface area contributed by atoms with E-state index in [-0.39, 0.29) is 11.2 Å². The SMILES string of the molecule is CCC(=O)N1CCc2nc(Cl)nc(Nc3ccc(-c4cnn(I)c4)cc3)c2C1. The van der Waals surface area contributed by atoms with E-state index in [0.29, 0.717) is 31.7 Å². The van der Waals surface area contributed by atoms with Gasteiger partial charge in [-0.2, -0.15) is 5.10 Å². The van der Waals surface area contributed by atoms with Crippen molar-refractivity contribution in [1.82, 2.24) is 22.9 Å². The van der Waals surface area contributed by atoms with Crippen LogP contribution in [-0.4, -0.2) is 35.3 Å². The van der Waals surface area contributed by atoms with Gasteiger partial charge in [-0.25, -0.2) is 12.9 Å². The summed E-state index contributed by atoms with van der Waals surface area (Å²) >= 11 is 8.25. The zero-order chi connectivity index (χ0) is 19.7. The number of aromatic nitrogens is 4. The maximum Gasteiger partial charge on any atom is 0.224 e. The van der Waals surface area contributed by atoms with E-state index in [1.54, 1.807) is 2.90 Å². The molecule has 0 aliphatic carbocycles. The van der Waals surface area contributed by atoms with Crippen LogP contribution in [0.1, 0.15) is 24.6 Å². The number of nitrogens with one attached hydrogen (secondary N) is 1. The van der Waals surface area contributed by atoms with E-state index in [1.165, 1.54) is 0 Å². The molecule has 7 nitrogen and oxygen atoms in total. The number of anilines is 2. The van der Waals surface area contributed by atoms with Gasteiger partial charge >= 0.3 is 0 Å². The van der Waals surface area contributed by atoms with E-state index < -0.39 is 0 Å². The summed E-state index contributed by atoms with van der Waals surface area (Å²) in [5.74, 6) is 0.781. The van der Waals surface area contributed by atoms with Gasteiger partial charge in [0.25, 0.3) is 0 Å². The Balaban J connectivity index is 1.60. The fourth-order valence-corrected chi connectivity index (χ4v) is 3.87. The van der Waals surface area contributed by atoms with Crippen molar-refractivity contribution in [2.75, 3.05) is 11.9 Å². The van der Waals surface area contributed by atoms with Crippen LogP contribution in [-0.2, 0) is 17.8 Å². The molecule has 0 unspecified atom stereocenters. The average Bonchev–Trinajstić information content (AvgIpc) is 3.14. The number of halogens is 2. The largest absolute Gasteiger partial charge is 0.340 e. The Morgan fingerprint density at radius 1 is 1.25 bits per heavy atom. The summed E-state index contributed by atoms with van der Waals surface area (Å²) < 4.78 is 1.75. The molecule has 0 atom stereocenters. The van der Waals surface area contributed by atoms with Crippen molar-refractivity contribution in [3.63, 3.8) is 0 Å². The minimum atomic E-state index is 0.131. The molecule has 28 heavy (non-hydrogen) atoms. The summed E-state index contributed by atoms with van der Waals surface area (Å²) in [6, 6.07) is 8.02. The molecule has 0 bridgehead atoms. The van der Waals surface area contributed by atoms with Crippen LogP contribution in [0.5, 0.6) is 0 Å². The molecule has 9 heteroatoms. The van der Waals surface area contributed by atoms with Crippen LogP contribution in [0.2, 0.25) is 5.28 Å². The van der Waals surface area contributed by atoms with Crippen molar-refractivity contribution in [1.29, 1.82) is 0 Å². The van der Waals surface area contributed by atoms with Crippen LogP contribution in [0.4, 0.5) is 11.5 Å². The lowest BCUT2D eigenvalue weighted by Crippen LogP contribution is -2.36. The highest BCUT2D eigenvalue weighted by molar-refractivity contribution is 14.1. The number of nitrogens with zero attached hydrogens (tertiary/aromatic N) is 5. The van der Waals surface area contributed by atoms with E-state index in [4.69, 9.17) is 11.6 Å². The van der Waals surface area contributed by atoms with Gasteiger partial charge < -0.3 is 10.2 Å². The molecular formula is C19H18ClIN6O. The number of carbonyl (C=O) groups excluding carboxylic acids is 1. The van der Waals surface area contributed by atoms with E-state index in [0.717, 1.165) is 28.1 Å². The predicted octanol–water partition coefficient (Wildman–Crippen LogP) is 4.23. The number of benzene rings is 1. The van der Waals surface area contributed by atoms with Crippen LogP contribution >= 0.6 is 34.5 Å². The Kier molecular flexibility index (Phi) is 5.49. The lowest BCUT2D eigenvalue weighted by atomic mass is 10.1. The van der Waals surface area contributed by atoms with E-state index >= 15 is 0 Å². The summed E-state index contributed by atoms with van der Waals surface area (Å²) in [6.07, 6.45) is 4.96. The van der Waals surface area contributed by atoms with Crippen molar-refractivity contribution >= 4 is 51.9 Å². The number of hydrogen-bond donors (Lipinski definition) is 1. The van der Waals surface area contributed by atoms with E-state index in [9.17, 15) is 4.79 Å². The van der Waals surface area contributed by atoms with E-state index in [2.05, 4.69) is 43.2 Å². The standard InChI is InChI=1S/C19H18ClIN6O/c1-2-17(28)26-8-7-16-15(11-26)18(25-19(20)24-16)23-14-5-3-12(4-6-14)13-9-22-27(21)10-13/h3-6,9-10H,2,7-8,11H2,1H3,(H,23,24,25). The third-order valence-corrected chi connectivity index (χ3v) is 5.42. The summed E-state index contributed by atoms with van der Waals surface area (Å²) in [5, 5.41) is 7.74. The molecule has 0 spiro atoms. The number of fused-ring (bicyclic) bond motifs is 1. The molecule has 3 heterocycles. The molecule has 1 aliphatic rings. The lowest BCUT2D eigenvalue weighted by molar-refractivity contribution is -0.131. The zero-order valence-corrected chi connectivity index (χ0v) is 18.1. The molecule has 0 saturated heterocycles. The van der Waals surface area contributed by atoms with Gasteiger partial charge in [0.2, 0.25) is 11.2 Å². The first-order valence-electron chi connectivity index (χ1n) is 8.95. The topological polar surface area (TPSA) is 75.9 Å². The Morgan fingerprint density at radius 2 is 2.04 bits per heavy atom. The Bertz CT molecular complexity index is 1020. The third-order valence-electron chi connectivity index (χ3n) is 4.72. The normalized spacial score (nSPS) is 13.3. The molecule has 0 radical (unpaired) electrons. The lowest BCUT2D eigenvalue weighted by Gasteiger charge is -2.29. The fourth-order valence-electron chi connectivity index (χ4n) is 3.25. The molecule has 1 N–H and O–H groups in total. The van der Waals surface area contributed by atoms with Gasteiger partial charge in [-0.05, 0) is 29.3 Å². The molecule has 1 aromatic carbocycles. The number of amides is 1. The molecular weight excluding hydrogens is 491 g/mol. The summed E-state index contributed by atoms with van der Waals surface area (Å²) in [7, 11) is 0. The van der Waals surface area contributed by atoms with Crippen molar-refractivity contribution in [2.24, 2.45) is 0 Å². The fraction of sp³-hybridized carbons (Fsp3) is 0.263. The molecule has 4 rings (SSSR count). The van der Waals surface area contributed by atoms with Crippen LogP contribution < -0.4 is 5.32 Å². The second-order valence-electron chi connectivity index (χ2n) is 6.51. The first-order chi connectivity index (χ1) is 13.5. The molecule has 0 fully saturated rings. The highest BCUT2D eigenvalue weighted by Gasteiger charge is 2.24. The predicted molar refractivity (Wildman–Crippen MR) is 117 cm³/mol. The van der Waals surface area contributed by atoms with Crippen molar-refractivity contribution < 1.29 is 4.79 Å². The summed E-state index contributed by atoms with van der Waals surface area (Å²) in [4.78, 5) is 22.7. The molecule has 144 valence electrons. The van der Waals surface area contributed by atoms with Gasteiger partial charge in [0.15, 0.2) is 0 Å². The third kappa shape index (κ3) is 3.97. The zero-order valence-electron chi connectivity index (χ0n) is 15.2. The molecule has 3 aromatic rings. The van der Waals surface area contributed by atoms with Gasteiger partial charge in [-0.15, -0.1) is 0 Å². The average molecular weight is 509 g/mol. The van der Waals surface area contributed by atoms with Crippen molar-refractivity contribution in [3.05, 3.63) is 53.2 Å². The molecule has 1 amide bonds. The highest BCUT2D eigenvalue weighted by atomic mass is 127. The molecule has 2 aromatic heterocycles. The minimum absolute atomic E-state index is 0.131. The maximum atomic E-state index is 12.1. The Morgan fingerprint density at radius 3 is 2.71 bits per heavy atom.